The standard InChI is InChI=1S/C13H18ClNO3S/c1-10-4-3-7-15(9-10)19(16,17)11-5-6-13(18-2)12(14)8-11/h5-6,8,10H,3-4,7,9H2,1-2H3. The number of halogens is 1. The van der Waals surface area contributed by atoms with E-state index in [1.54, 1.807) is 16.4 Å². The average molecular weight is 304 g/mol. The van der Waals surface area contributed by atoms with Crippen molar-refractivity contribution >= 4 is 21.6 Å². The fraction of sp³-hybridized carbons (Fsp3) is 0.538. The lowest BCUT2D eigenvalue weighted by molar-refractivity contribution is 0.281. The smallest absolute Gasteiger partial charge is 0.243 e. The number of benzene rings is 1. The Hall–Kier alpha value is -0.780. The zero-order chi connectivity index (χ0) is 14.0. The van der Waals surface area contributed by atoms with Crippen molar-refractivity contribution in [3.05, 3.63) is 23.2 Å². The van der Waals surface area contributed by atoms with Crippen LogP contribution in [0.5, 0.6) is 5.75 Å². The Balaban J connectivity index is 2.31. The van der Waals surface area contributed by atoms with Crippen LogP contribution in [0.25, 0.3) is 0 Å². The minimum Gasteiger partial charge on any atom is -0.495 e. The third-order valence-electron chi connectivity index (χ3n) is 3.38. The minimum atomic E-state index is -3.45. The number of piperidine rings is 1. The van der Waals surface area contributed by atoms with E-state index in [4.69, 9.17) is 16.3 Å². The number of sulfonamides is 1. The molecular weight excluding hydrogens is 286 g/mol. The van der Waals surface area contributed by atoms with Gasteiger partial charge < -0.3 is 4.74 Å². The lowest BCUT2D eigenvalue weighted by Gasteiger charge is -2.30. The van der Waals surface area contributed by atoms with Gasteiger partial charge in [0.15, 0.2) is 0 Å². The summed E-state index contributed by atoms with van der Waals surface area (Å²) in [7, 11) is -1.95. The molecule has 2 rings (SSSR count). The number of methoxy groups -OCH3 is 1. The van der Waals surface area contributed by atoms with Gasteiger partial charge in [0.25, 0.3) is 0 Å². The topological polar surface area (TPSA) is 46.6 Å². The zero-order valence-electron chi connectivity index (χ0n) is 11.1. The average Bonchev–Trinajstić information content (AvgIpc) is 2.38. The third-order valence-corrected chi connectivity index (χ3v) is 5.54. The Bertz CT molecular complexity index is 559. The van der Waals surface area contributed by atoms with Gasteiger partial charge in [0.2, 0.25) is 10.0 Å². The van der Waals surface area contributed by atoms with Crippen LogP contribution in [0, 0.1) is 5.92 Å². The molecule has 1 heterocycles. The number of nitrogens with zero attached hydrogens (tertiary/aromatic N) is 1. The highest BCUT2D eigenvalue weighted by atomic mass is 35.5. The molecule has 1 aromatic rings. The second-order valence-electron chi connectivity index (χ2n) is 4.91. The first-order valence-electron chi connectivity index (χ1n) is 6.29. The van der Waals surface area contributed by atoms with Crippen LogP contribution in [0.15, 0.2) is 23.1 Å². The molecule has 4 nitrogen and oxygen atoms in total. The maximum atomic E-state index is 12.5. The fourth-order valence-electron chi connectivity index (χ4n) is 2.32. The Labute approximate surface area is 119 Å². The molecule has 0 radical (unpaired) electrons. The van der Waals surface area contributed by atoms with Gasteiger partial charge in [-0.25, -0.2) is 8.42 Å². The van der Waals surface area contributed by atoms with E-state index < -0.39 is 10.0 Å². The van der Waals surface area contributed by atoms with Crippen LogP contribution in [-0.2, 0) is 10.0 Å². The fourth-order valence-corrected chi connectivity index (χ4v) is 4.27. The van der Waals surface area contributed by atoms with Gasteiger partial charge in [0.05, 0.1) is 17.0 Å². The van der Waals surface area contributed by atoms with Crippen LogP contribution in [-0.4, -0.2) is 32.9 Å². The SMILES string of the molecule is COc1ccc(S(=O)(=O)N2CCCC(C)C2)cc1Cl. The van der Waals surface area contributed by atoms with Crippen LogP contribution in [0.4, 0.5) is 0 Å². The maximum absolute atomic E-state index is 12.5. The summed E-state index contributed by atoms with van der Waals surface area (Å²) in [5, 5.41) is 0.314. The molecule has 0 amide bonds. The van der Waals surface area contributed by atoms with Gasteiger partial charge in [-0.05, 0) is 37.0 Å². The number of hydrogen-bond acceptors (Lipinski definition) is 3. The van der Waals surface area contributed by atoms with Gasteiger partial charge in [0, 0.05) is 13.1 Å². The highest BCUT2D eigenvalue weighted by Gasteiger charge is 2.29. The Morgan fingerprint density at radius 1 is 1.42 bits per heavy atom. The molecule has 1 unspecified atom stereocenters. The van der Waals surface area contributed by atoms with E-state index in [0.717, 1.165) is 12.8 Å². The van der Waals surface area contributed by atoms with Gasteiger partial charge >= 0.3 is 0 Å². The molecule has 0 N–H and O–H groups in total. The number of rotatable bonds is 3. The maximum Gasteiger partial charge on any atom is 0.243 e. The largest absolute Gasteiger partial charge is 0.495 e. The first-order valence-corrected chi connectivity index (χ1v) is 8.10. The van der Waals surface area contributed by atoms with Gasteiger partial charge in [-0.2, -0.15) is 4.31 Å². The second-order valence-corrected chi connectivity index (χ2v) is 7.25. The molecular formula is C13H18ClNO3S. The Kier molecular flexibility index (Phi) is 4.38. The van der Waals surface area contributed by atoms with Crippen LogP contribution in [0.1, 0.15) is 19.8 Å². The van der Waals surface area contributed by atoms with Crippen LogP contribution >= 0.6 is 11.6 Å². The molecule has 0 spiro atoms. The van der Waals surface area contributed by atoms with Gasteiger partial charge in [-0.1, -0.05) is 18.5 Å². The first kappa shape index (κ1) is 14.6. The molecule has 0 aliphatic carbocycles. The Morgan fingerprint density at radius 3 is 2.74 bits per heavy atom. The van der Waals surface area contributed by atoms with E-state index in [0.29, 0.717) is 29.8 Å². The molecule has 106 valence electrons. The van der Waals surface area contributed by atoms with E-state index in [9.17, 15) is 8.42 Å². The lowest BCUT2D eigenvalue weighted by Crippen LogP contribution is -2.39. The predicted octanol–water partition coefficient (Wildman–Crippen LogP) is 2.77. The van der Waals surface area contributed by atoms with Gasteiger partial charge in [0.1, 0.15) is 5.75 Å². The Morgan fingerprint density at radius 2 is 2.16 bits per heavy atom. The van der Waals surface area contributed by atoms with Crippen molar-refractivity contribution in [2.24, 2.45) is 5.92 Å². The van der Waals surface area contributed by atoms with Crippen molar-refractivity contribution in [3.8, 4) is 5.75 Å². The molecule has 1 aromatic carbocycles. The summed E-state index contributed by atoms with van der Waals surface area (Å²) >= 11 is 6.00. The van der Waals surface area contributed by atoms with E-state index in [1.165, 1.54) is 13.2 Å². The summed E-state index contributed by atoms with van der Waals surface area (Å²) in [6.45, 7) is 3.23. The zero-order valence-corrected chi connectivity index (χ0v) is 12.7. The summed E-state index contributed by atoms with van der Waals surface area (Å²) in [6.07, 6.45) is 1.99. The molecule has 1 fully saturated rings. The van der Waals surface area contributed by atoms with Crippen molar-refractivity contribution in [1.29, 1.82) is 0 Å². The van der Waals surface area contributed by atoms with Crippen molar-refractivity contribution in [2.45, 2.75) is 24.7 Å². The molecule has 6 heteroatoms. The van der Waals surface area contributed by atoms with Crippen LogP contribution in [0.2, 0.25) is 5.02 Å². The molecule has 1 saturated heterocycles. The third kappa shape index (κ3) is 3.04. The molecule has 1 aliphatic heterocycles. The van der Waals surface area contributed by atoms with Crippen molar-refractivity contribution in [3.63, 3.8) is 0 Å². The molecule has 19 heavy (non-hydrogen) atoms. The number of ether oxygens (including phenoxy) is 1. The highest BCUT2D eigenvalue weighted by molar-refractivity contribution is 7.89. The summed E-state index contributed by atoms with van der Waals surface area (Å²) < 4.78 is 31.6. The summed E-state index contributed by atoms with van der Waals surface area (Å²) in [4.78, 5) is 0.229. The van der Waals surface area contributed by atoms with Crippen molar-refractivity contribution in [1.82, 2.24) is 4.31 Å². The van der Waals surface area contributed by atoms with Crippen LogP contribution < -0.4 is 4.74 Å². The van der Waals surface area contributed by atoms with Crippen molar-refractivity contribution < 1.29 is 13.2 Å². The monoisotopic (exact) mass is 303 g/mol. The summed E-state index contributed by atoms with van der Waals surface area (Å²) in [5.41, 5.74) is 0. The van der Waals surface area contributed by atoms with E-state index in [-0.39, 0.29) is 4.90 Å². The predicted molar refractivity (Wildman–Crippen MR) is 75.2 cm³/mol. The van der Waals surface area contributed by atoms with Crippen LogP contribution in [0.3, 0.4) is 0 Å². The normalized spacial score (nSPS) is 21.3. The first-order chi connectivity index (χ1) is 8.95. The van der Waals surface area contributed by atoms with E-state index in [1.807, 2.05) is 0 Å². The van der Waals surface area contributed by atoms with Gasteiger partial charge in [-0.3, -0.25) is 0 Å². The van der Waals surface area contributed by atoms with E-state index in [2.05, 4.69) is 6.92 Å². The van der Waals surface area contributed by atoms with Crippen molar-refractivity contribution in [2.75, 3.05) is 20.2 Å². The number of hydrogen-bond donors (Lipinski definition) is 0. The minimum absolute atomic E-state index is 0.229. The second kappa shape index (κ2) is 5.69. The molecule has 1 aliphatic rings. The van der Waals surface area contributed by atoms with Gasteiger partial charge in [-0.15, -0.1) is 0 Å². The molecule has 0 saturated carbocycles. The molecule has 1 atom stereocenters. The summed E-state index contributed by atoms with van der Waals surface area (Å²) in [5.74, 6) is 0.880. The molecule has 0 aromatic heterocycles. The van der Waals surface area contributed by atoms with E-state index >= 15 is 0 Å². The molecule has 0 bridgehead atoms. The quantitative estimate of drug-likeness (QED) is 0.862. The summed E-state index contributed by atoms with van der Waals surface area (Å²) in [6, 6.07) is 4.58. The lowest BCUT2D eigenvalue weighted by atomic mass is 10.0. The highest BCUT2D eigenvalue weighted by Crippen LogP contribution is 2.29.